The second-order valence-corrected chi connectivity index (χ2v) is 4.29. The number of carbonyl (C=O) groups excluding carboxylic acids is 4. The van der Waals surface area contributed by atoms with E-state index in [9.17, 15) is 19.2 Å². The highest BCUT2D eigenvalue weighted by atomic mass is 16.2. The van der Waals surface area contributed by atoms with Crippen molar-refractivity contribution in [1.29, 1.82) is 0 Å². The van der Waals surface area contributed by atoms with E-state index in [1.807, 2.05) is 10.9 Å². The zero-order chi connectivity index (χ0) is 17.4. The van der Waals surface area contributed by atoms with Gasteiger partial charge in [0.15, 0.2) is 0 Å². The van der Waals surface area contributed by atoms with Gasteiger partial charge in [0.2, 0.25) is 0 Å². The topological polar surface area (TPSA) is 142 Å². The van der Waals surface area contributed by atoms with E-state index in [1.165, 1.54) is 49.1 Å². The Kier molecular flexibility index (Phi) is 5.50. The summed E-state index contributed by atoms with van der Waals surface area (Å²) in [6.45, 7) is 0. The predicted molar refractivity (Wildman–Crippen MR) is 79.7 cm³/mol. The highest BCUT2D eigenvalue weighted by Gasteiger charge is 2.16. The van der Waals surface area contributed by atoms with Gasteiger partial charge in [-0.2, -0.15) is 0 Å². The lowest BCUT2D eigenvalue weighted by atomic mass is 10.2. The van der Waals surface area contributed by atoms with Crippen molar-refractivity contribution in [1.82, 2.24) is 31.7 Å². The number of hydrogen-bond acceptors (Lipinski definition) is 6. The van der Waals surface area contributed by atoms with Gasteiger partial charge in [0.1, 0.15) is 0 Å². The van der Waals surface area contributed by atoms with Crippen molar-refractivity contribution in [3.63, 3.8) is 0 Å². The molecular formula is C14H12N6O4. The van der Waals surface area contributed by atoms with Gasteiger partial charge in [0, 0.05) is 35.9 Å². The first-order valence-electron chi connectivity index (χ1n) is 6.59. The largest absolute Gasteiger partial charge is 0.329 e. The van der Waals surface area contributed by atoms with E-state index in [2.05, 4.69) is 20.8 Å². The first-order valence-corrected chi connectivity index (χ1v) is 6.59. The van der Waals surface area contributed by atoms with Crippen LogP contribution in [0.15, 0.2) is 49.1 Å². The minimum atomic E-state index is -1.16. The summed E-state index contributed by atoms with van der Waals surface area (Å²) in [5.41, 5.74) is 8.42. The quantitative estimate of drug-likeness (QED) is 0.399. The van der Waals surface area contributed by atoms with Crippen LogP contribution in [0, 0.1) is 0 Å². The second-order valence-electron chi connectivity index (χ2n) is 4.29. The van der Waals surface area contributed by atoms with Crippen LogP contribution in [0.4, 0.5) is 0 Å². The Labute approximate surface area is 135 Å². The molecule has 2 rings (SSSR count). The molecule has 2 heterocycles. The van der Waals surface area contributed by atoms with E-state index in [-0.39, 0.29) is 11.1 Å². The molecule has 0 saturated carbocycles. The van der Waals surface area contributed by atoms with Gasteiger partial charge in [0.25, 0.3) is 11.8 Å². The van der Waals surface area contributed by atoms with Crippen LogP contribution in [0.25, 0.3) is 0 Å². The normalized spacial score (nSPS) is 9.50. The van der Waals surface area contributed by atoms with Crippen LogP contribution in [-0.4, -0.2) is 33.6 Å². The van der Waals surface area contributed by atoms with Crippen molar-refractivity contribution in [3.8, 4) is 0 Å². The predicted octanol–water partition coefficient (Wildman–Crippen LogP) is -1.30. The van der Waals surface area contributed by atoms with Crippen LogP contribution in [0.2, 0.25) is 0 Å². The van der Waals surface area contributed by atoms with Gasteiger partial charge in [-0.25, -0.2) is 0 Å². The van der Waals surface area contributed by atoms with E-state index < -0.39 is 23.6 Å². The van der Waals surface area contributed by atoms with Crippen molar-refractivity contribution in [2.45, 2.75) is 0 Å². The SMILES string of the molecule is O=C(NNC(=O)c1ccncc1)C(=O)NNC(=O)c1ccncc1. The standard InChI is InChI=1S/C14H12N6O4/c21-11(9-1-5-15-6-2-9)17-19-13(23)14(24)20-18-12(22)10-3-7-16-8-4-10/h1-8H,(H,17,21)(H,18,22)(H,19,23)(H,20,24). The van der Waals surface area contributed by atoms with Crippen LogP contribution in [0.3, 0.4) is 0 Å². The molecule has 122 valence electrons. The summed E-state index contributed by atoms with van der Waals surface area (Å²) in [7, 11) is 0. The summed E-state index contributed by atoms with van der Waals surface area (Å²) in [5, 5.41) is 0. The highest BCUT2D eigenvalue weighted by molar-refractivity contribution is 6.35. The van der Waals surface area contributed by atoms with E-state index in [1.54, 1.807) is 0 Å². The van der Waals surface area contributed by atoms with Crippen molar-refractivity contribution in [2.24, 2.45) is 0 Å². The monoisotopic (exact) mass is 328 g/mol. The molecule has 0 aromatic carbocycles. The minimum absolute atomic E-state index is 0.247. The van der Waals surface area contributed by atoms with Crippen molar-refractivity contribution >= 4 is 23.6 Å². The summed E-state index contributed by atoms with van der Waals surface area (Å²) in [6.07, 6.45) is 5.60. The first kappa shape index (κ1) is 16.5. The molecule has 0 aliphatic heterocycles. The molecule has 2 aromatic heterocycles. The Morgan fingerprint density at radius 1 is 0.583 bits per heavy atom. The number of rotatable bonds is 2. The third-order valence-corrected chi connectivity index (χ3v) is 2.67. The van der Waals surface area contributed by atoms with E-state index in [0.717, 1.165) is 0 Å². The number of nitrogens with one attached hydrogen (secondary N) is 4. The molecule has 24 heavy (non-hydrogen) atoms. The third-order valence-electron chi connectivity index (χ3n) is 2.67. The molecule has 4 amide bonds. The molecule has 0 aliphatic carbocycles. The Hall–Kier alpha value is -3.82. The summed E-state index contributed by atoms with van der Waals surface area (Å²) in [4.78, 5) is 53.8. The second kappa shape index (κ2) is 7.98. The lowest BCUT2D eigenvalue weighted by molar-refractivity contribution is -0.140. The molecule has 0 spiro atoms. The molecule has 0 aliphatic rings. The van der Waals surface area contributed by atoms with Crippen LogP contribution < -0.4 is 21.7 Å². The van der Waals surface area contributed by atoms with E-state index in [4.69, 9.17) is 0 Å². The number of nitrogens with zero attached hydrogens (tertiary/aromatic N) is 2. The maximum absolute atomic E-state index is 11.7. The summed E-state index contributed by atoms with van der Waals surface area (Å²) < 4.78 is 0. The molecule has 0 fully saturated rings. The van der Waals surface area contributed by atoms with Crippen LogP contribution in [-0.2, 0) is 9.59 Å². The van der Waals surface area contributed by atoms with Gasteiger partial charge in [-0.3, -0.25) is 50.8 Å². The van der Waals surface area contributed by atoms with Gasteiger partial charge in [-0.1, -0.05) is 0 Å². The number of carbonyl (C=O) groups is 4. The first-order chi connectivity index (χ1) is 11.6. The Morgan fingerprint density at radius 3 is 1.25 bits per heavy atom. The number of pyridine rings is 2. The lowest BCUT2D eigenvalue weighted by Crippen LogP contribution is -2.52. The van der Waals surface area contributed by atoms with E-state index >= 15 is 0 Å². The van der Waals surface area contributed by atoms with Gasteiger partial charge in [-0.05, 0) is 24.3 Å². The van der Waals surface area contributed by atoms with E-state index in [0.29, 0.717) is 0 Å². The van der Waals surface area contributed by atoms with Gasteiger partial charge in [-0.15, -0.1) is 0 Å². The summed E-state index contributed by atoms with van der Waals surface area (Å²) in [6, 6.07) is 5.71. The molecule has 4 N–H and O–H groups in total. The highest BCUT2D eigenvalue weighted by Crippen LogP contribution is 1.95. The van der Waals surface area contributed by atoms with Crippen molar-refractivity contribution < 1.29 is 19.2 Å². The number of amides is 4. The Balaban J connectivity index is 1.77. The fourth-order valence-corrected chi connectivity index (χ4v) is 1.49. The fraction of sp³-hybridized carbons (Fsp3) is 0. The lowest BCUT2D eigenvalue weighted by Gasteiger charge is -2.08. The Morgan fingerprint density at radius 2 is 0.917 bits per heavy atom. The molecule has 10 nitrogen and oxygen atoms in total. The minimum Gasteiger partial charge on any atom is -0.267 e. The maximum atomic E-state index is 11.7. The zero-order valence-electron chi connectivity index (χ0n) is 12.1. The summed E-state index contributed by atoms with van der Waals surface area (Å²) in [5.74, 6) is -3.57. The summed E-state index contributed by atoms with van der Waals surface area (Å²) >= 11 is 0. The molecule has 10 heteroatoms. The molecule has 0 unspecified atom stereocenters. The average molecular weight is 328 g/mol. The zero-order valence-corrected chi connectivity index (χ0v) is 12.1. The smallest absolute Gasteiger partial charge is 0.267 e. The van der Waals surface area contributed by atoms with Gasteiger partial charge >= 0.3 is 11.8 Å². The third kappa shape index (κ3) is 4.59. The fourth-order valence-electron chi connectivity index (χ4n) is 1.49. The van der Waals surface area contributed by atoms with Crippen LogP contribution in [0.5, 0.6) is 0 Å². The molecule has 0 radical (unpaired) electrons. The molecule has 2 aromatic rings. The number of hydrogen-bond donors (Lipinski definition) is 4. The number of hydrazine groups is 2. The van der Waals surface area contributed by atoms with Gasteiger partial charge in [0.05, 0.1) is 0 Å². The Bertz CT molecular complexity index is 685. The van der Waals surface area contributed by atoms with Gasteiger partial charge < -0.3 is 0 Å². The van der Waals surface area contributed by atoms with Crippen LogP contribution in [0.1, 0.15) is 20.7 Å². The van der Waals surface area contributed by atoms with Crippen molar-refractivity contribution in [2.75, 3.05) is 0 Å². The number of aromatic nitrogens is 2. The van der Waals surface area contributed by atoms with Crippen molar-refractivity contribution in [3.05, 3.63) is 60.2 Å². The molecular weight excluding hydrogens is 316 g/mol. The maximum Gasteiger partial charge on any atom is 0.329 e. The van der Waals surface area contributed by atoms with Crippen LogP contribution >= 0.6 is 0 Å². The average Bonchev–Trinajstić information content (AvgIpc) is 2.64. The molecule has 0 atom stereocenters. The molecule has 0 saturated heterocycles. The molecule has 0 bridgehead atoms.